The SMILES string of the molecule is O=C(Nc1ccc2cc(CN3CCCC3)cnc2c1F)c1ccc(Br)cc1F. The maximum atomic E-state index is 14.9. The monoisotopic (exact) mass is 445 g/mol. The molecule has 1 aliphatic heterocycles. The summed E-state index contributed by atoms with van der Waals surface area (Å²) in [5.41, 5.74) is 1.03. The lowest BCUT2D eigenvalue weighted by molar-refractivity contribution is 0.102. The van der Waals surface area contributed by atoms with Crippen LogP contribution in [0.25, 0.3) is 10.9 Å². The number of amides is 1. The Kier molecular flexibility index (Phi) is 5.37. The Labute approximate surface area is 169 Å². The number of anilines is 1. The van der Waals surface area contributed by atoms with Gasteiger partial charge >= 0.3 is 0 Å². The molecule has 0 saturated carbocycles. The smallest absolute Gasteiger partial charge is 0.258 e. The summed E-state index contributed by atoms with van der Waals surface area (Å²) in [7, 11) is 0. The van der Waals surface area contributed by atoms with Crippen LogP contribution >= 0.6 is 15.9 Å². The van der Waals surface area contributed by atoms with E-state index in [4.69, 9.17) is 0 Å². The Morgan fingerprint density at radius 3 is 2.68 bits per heavy atom. The number of hydrogen-bond acceptors (Lipinski definition) is 3. The zero-order chi connectivity index (χ0) is 19.7. The van der Waals surface area contributed by atoms with Gasteiger partial charge in [0.15, 0.2) is 5.82 Å². The van der Waals surface area contributed by atoms with Gasteiger partial charge in [-0.15, -0.1) is 0 Å². The molecule has 1 fully saturated rings. The van der Waals surface area contributed by atoms with Crippen molar-refractivity contribution in [1.82, 2.24) is 9.88 Å². The molecule has 28 heavy (non-hydrogen) atoms. The van der Waals surface area contributed by atoms with Crippen molar-refractivity contribution in [3.8, 4) is 0 Å². The Hall–Kier alpha value is -2.38. The van der Waals surface area contributed by atoms with Gasteiger partial charge in [0.2, 0.25) is 0 Å². The van der Waals surface area contributed by atoms with E-state index in [1.165, 1.54) is 31.0 Å². The van der Waals surface area contributed by atoms with Crippen LogP contribution < -0.4 is 5.32 Å². The second-order valence-electron chi connectivity index (χ2n) is 6.90. The number of aromatic nitrogens is 1. The van der Waals surface area contributed by atoms with Crippen molar-refractivity contribution < 1.29 is 13.6 Å². The van der Waals surface area contributed by atoms with Gasteiger partial charge < -0.3 is 5.32 Å². The molecule has 1 aliphatic rings. The normalized spacial score (nSPS) is 14.5. The van der Waals surface area contributed by atoms with Crippen molar-refractivity contribution in [3.63, 3.8) is 0 Å². The molecule has 0 aliphatic carbocycles. The zero-order valence-electron chi connectivity index (χ0n) is 15.0. The van der Waals surface area contributed by atoms with Crippen molar-refractivity contribution in [2.45, 2.75) is 19.4 Å². The minimum atomic E-state index is -0.714. The van der Waals surface area contributed by atoms with E-state index in [9.17, 15) is 13.6 Å². The first kappa shape index (κ1) is 19.0. The number of nitrogens with one attached hydrogen (secondary N) is 1. The highest BCUT2D eigenvalue weighted by Crippen LogP contribution is 2.25. The van der Waals surface area contributed by atoms with Crippen LogP contribution in [-0.2, 0) is 6.54 Å². The molecule has 0 radical (unpaired) electrons. The zero-order valence-corrected chi connectivity index (χ0v) is 16.6. The Morgan fingerprint density at radius 1 is 1.14 bits per heavy atom. The molecule has 144 valence electrons. The molecule has 1 aromatic heterocycles. The molecule has 0 bridgehead atoms. The quantitative estimate of drug-likeness (QED) is 0.605. The standard InChI is InChI=1S/C21H18BrF2N3O/c22-15-4-5-16(17(23)10-15)21(28)26-18-6-3-14-9-13(11-25-20(14)19(18)24)12-27-7-1-2-8-27/h3-6,9-11H,1-2,7-8,12H2,(H,26,28). The molecule has 3 aromatic rings. The summed E-state index contributed by atoms with van der Waals surface area (Å²) in [5.74, 6) is -2.03. The third-order valence-electron chi connectivity index (χ3n) is 4.88. The highest BCUT2D eigenvalue weighted by Gasteiger charge is 2.17. The van der Waals surface area contributed by atoms with E-state index >= 15 is 0 Å². The summed E-state index contributed by atoms with van der Waals surface area (Å²) in [5, 5.41) is 3.10. The number of nitrogens with zero attached hydrogens (tertiary/aromatic N) is 2. The topological polar surface area (TPSA) is 45.2 Å². The Morgan fingerprint density at radius 2 is 1.93 bits per heavy atom. The van der Waals surface area contributed by atoms with Gasteiger partial charge in [-0.1, -0.05) is 22.0 Å². The lowest BCUT2D eigenvalue weighted by atomic mass is 10.1. The van der Waals surface area contributed by atoms with Crippen molar-refractivity contribution in [2.24, 2.45) is 0 Å². The number of carbonyl (C=O) groups is 1. The molecule has 2 heterocycles. The highest BCUT2D eigenvalue weighted by atomic mass is 79.9. The maximum absolute atomic E-state index is 14.9. The average molecular weight is 446 g/mol. The van der Waals surface area contributed by atoms with E-state index in [1.54, 1.807) is 18.3 Å². The van der Waals surface area contributed by atoms with Gasteiger partial charge in [-0.3, -0.25) is 14.7 Å². The molecule has 1 amide bonds. The minimum absolute atomic E-state index is 0.0281. The van der Waals surface area contributed by atoms with Crippen LogP contribution in [0.2, 0.25) is 0 Å². The second-order valence-corrected chi connectivity index (χ2v) is 7.82. The molecule has 0 unspecified atom stereocenters. The van der Waals surface area contributed by atoms with E-state index in [0.29, 0.717) is 9.86 Å². The molecule has 4 nitrogen and oxygen atoms in total. The minimum Gasteiger partial charge on any atom is -0.319 e. The summed E-state index contributed by atoms with van der Waals surface area (Å²) in [6.45, 7) is 2.94. The second kappa shape index (κ2) is 7.93. The number of benzene rings is 2. The van der Waals surface area contributed by atoms with Crippen LogP contribution in [0.5, 0.6) is 0 Å². The first-order chi connectivity index (χ1) is 13.5. The van der Waals surface area contributed by atoms with Crippen molar-refractivity contribution >= 4 is 38.4 Å². The van der Waals surface area contributed by atoms with Crippen molar-refractivity contribution in [1.29, 1.82) is 0 Å². The van der Waals surface area contributed by atoms with Crippen LogP contribution in [0.1, 0.15) is 28.8 Å². The summed E-state index contributed by atoms with van der Waals surface area (Å²) >= 11 is 3.14. The maximum Gasteiger partial charge on any atom is 0.258 e. The summed E-state index contributed by atoms with van der Waals surface area (Å²) in [4.78, 5) is 18.9. The van der Waals surface area contributed by atoms with Gasteiger partial charge in [-0.05, 0) is 61.8 Å². The Bertz CT molecular complexity index is 1050. The number of halogens is 3. The van der Waals surface area contributed by atoms with Crippen LogP contribution in [-0.4, -0.2) is 28.9 Å². The number of likely N-dealkylation sites (tertiary alicyclic amines) is 1. The van der Waals surface area contributed by atoms with Gasteiger partial charge in [0, 0.05) is 22.6 Å². The molecular formula is C21H18BrF2N3O. The van der Waals surface area contributed by atoms with E-state index < -0.39 is 17.5 Å². The number of carbonyl (C=O) groups excluding carboxylic acids is 1. The van der Waals surface area contributed by atoms with Crippen LogP contribution in [0, 0.1) is 11.6 Å². The number of hydrogen-bond donors (Lipinski definition) is 1. The lowest BCUT2D eigenvalue weighted by Gasteiger charge is -2.15. The van der Waals surface area contributed by atoms with Gasteiger partial charge in [-0.2, -0.15) is 0 Å². The van der Waals surface area contributed by atoms with E-state index in [0.717, 1.165) is 25.2 Å². The lowest BCUT2D eigenvalue weighted by Crippen LogP contribution is -2.18. The predicted octanol–water partition coefficient (Wildman–Crippen LogP) is 5.12. The molecule has 7 heteroatoms. The summed E-state index contributed by atoms with van der Waals surface area (Å²) < 4.78 is 29.3. The molecular weight excluding hydrogens is 428 g/mol. The molecule has 4 rings (SSSR count). The molecule has 2 aromatic carbocycles. The number of fused-ring (bicyclic) bond motifs is 1. The number of rotatable bonds is 4. The van der Waals surface area contributed by atoms with E-state index in [-0.39, 0.29) is 16.8 Å². The molecule has 1 N–H and O–H groups in total. The highest BCUT2D eigenvalue weighted by molar-refractivity contribution is 9.10. The van der Waals surface area contributed by atoms with Gasteiger partial charge in [0.25, 0.3) is 5.91 Å². The van der Waals surface area contributed by atoms with Gasteiger partial charge in [0.1, 0.15) is 11.3 Å². The number of pyridine rings is 1. The van der Waals surface area contributed by atoms with E-state index in [1.807, 2.05) is 6.07 Å². The summed E-state index contributed by atoms with van der Waals surface area (Å²) in [6, 6.07) is 9.20. The van der Waals surface area contributed by atoms with Gasteiger partial charge in [0.05, 0.1) is 11.3 Å². The van der Waals surface area contributed by atoms with Crippen LogP contribution in [0.4, 0.5) is 14.5 Å². The molecule has 0 atom stereocenters. The van der Waals surface area contributed by atoms with Crippen molar-refractivity contribution in [3.05, 3.63) is 69.8 Å². The van der Waals surface area contributed by atoms with E-state index in [2.05, 4.69) is 31.1 Å². The van der Waals surface area contributed by atoms with Crippen LogP contribution in [0.15, 0.2) is 47.1 Å². The predicted molar refractivity (Wildman–Crippen MR) is 108 cm³/mol. The third-order valence-corrected chi connectivity index (χ3v) is 5.37. The van der Waals surface area contributed by atoms with Crippen molar-refractivity contribution in [2.75, 3.05) is 18.4 Å². The molecule has 1 saturated heterocycles. The molecule has 0 spiro atoms. The first-order valence-corrected chi connectivity index (χ1v) is 9.86. The fraction of sp³-hybridized carbons (Fsp3) is 0.238. The largest absolute Gasteiger partial charge is 0.319 e. The third kappa shape index (κ3) is 3.91. The van der Waals surface area contributed by atoms with Gasteiger partial charge in [-0.25, -0.2) is 8.78 Å². The summed E-state index contributed by atoms with van der Waals surface area (Å²) in [6.07, 6.45) is 4.08. The van der Waals surface area contributed by atoms with Crippen LogP contribution in [0.3, 0.4) is 0 Å². The fourth-order valence-corrected chi connectivity index (χ4v) is 3.79. The average Bonchev–Trinajstić information content (AvgIpc) is 3.17. The Balaban J connectivity index is 1.57. The first-order valence-electron chi connectivity index (χ1n) is 9.07. The fourth-order valence-electron chi connectivity index (χ4n) is 3.46.